The van der Waals surface area contributed by atoms with Gasteiger partial charge in [0.05, 0.1) is 27.4 Å². The van der Waals surface area contributed by atoms with Crippen LogP contribution in [0.1, 0.15) is 11.3 Å². The van der Waals surface area contributed by atoms with E-state index in [1.54, 1.807) is 11.8 Å². The molecule has 206 valence electrons. The van der Waals surface area contributed by atoms with Gasteiger partial charge in [-0.2, -0.15) is 0 Å². The second kappa shape index (κ2) is 15.8. The summed E-state index contributed by atoms with van der Waals surface area (Å²) in [6.45, 7) is 7.41. The van der Waals surface area contributed by atoms with Gasteiger partial charge in [-0.25, -0.2) is 4.98 Å². The number of piperazine rings is 1. The second-order valence-corrected chi connectivity index (χ2v) is 10.3. The number of nitrogens with zero attached hydrogens (tertiary/aromatic N) is 5. The van der Waals surface area contributed by atoms with Crippen LogP contribution in [0.4, 0.5) is 5.69 Å². The number of hydrogen-bond acceptors (Lipinski definition) is 6. The third-order valence-electron chi connectivity index (χ3n) is 6.53. The summed E-state index contributed by atoms with van der Waals surface area (Å²) in [6.07, 6.45) is 1.86. The van der Waals surface area contributed by atoms with Gasteiger partial charge in [0.2, 0.25) is 0 Å². The van der Waals surface area contributed by atoms with Gasteiger partial charge in [-0.05, 0) is 23.8 Å². The Morgan fingerprint density at radius 1 is 0.921 bits per heavy atom. The van der Waals surface area contributed by atoms with Crippen LogP contribution < -0.4 is 4.90 Å². The minimum Gasteiger partial charge on any atom is -0.372 e. The molecule has 4 aromatic rings. The molecule has 1 aliphatic rings. The molecule has 0 radical (unpaired) electrons. The Labute approximate surface area is 252 Å². The molecule has 6 nitrogen and oxygen atoms in total. The van der Waals surface area contributed by atoms with E-state index in [-0.39, 0.29) is 37.2 Å². The molecule has 1 saturated heterocycles. The molecule has 0 atom stereocenters. The summed E-state index contributed by atoms with van der Waals surface area (Å²) >= 11 is 8.42. The van der Waals surface area contributed by atoms with E-state index in [0.29, 0.717) is 5.75 Å². The van der Waals surface area contributed by atoms with Gasteiger partial charge in [-0.1, -0.05) is 65.8 Å². The van der Waals surface area contributed by atoms with Crippen LogP contribution in [-0.2, 0) is 12.3 Å². The molecule has 0 saturated carbocycles. The van der Waals surface area contributed by atoms with Gasteiger partial charge in [-0.3, -0.25) is 14.8 Å². The number of pyridine rings is 1. The quantitative estimate of drug-likeness (QED) is 0.219. The Kier molecular flexibility index (Phi) is 13.5. The summed E-state index contributed by atoms with van der Waals surface area (Å²) < 4.78 is 0. The van der Waals surface area contributed by atoms with E-state index in [1.807, 2.05) is 36.5 Å². The van der Waals surface area contributed by atoms with E-state index in [4.69, 9.17) is 11.6 Å². The lowest BCUT2D eigenvalue weighted by Crippen LogP contribution is -2.47. The van der Waals surface area contributed by atoms with Crippen LogP contribution in [0.15, 0.2) is 72.0 Å². The first-order valence-electron chi connectivity index (χ1n) is 12.1. The molecule has 0 aliphatic carbocycles. The molecule has 1 aliphatic heterocycles. The van der Waals surface area contributed by atoms with Crippen molar-refractivity contribution in [1.82, 2.24) is 24.8 Å². The highest BCUT2D eigenvalue weighted by Crippen LogP contribution is 2.31. The maximum atomic E-state index is 6.80. The van der Waals surface area contributed by atoms with E-state index in [0.717, 1.165) is 78.4 Å². The minimum absolute atomic E-state index is 0. The number of imidazole rings is 1. The molecule has 0 bridgehead atoms. The molecule has 1 fully saturated rings. The molecule has 2 aromatic carbocycles. The average Bonchev–Trinajstić information content (AvgIpc) is 3.31. The van der Waals surface area contributed by atoms with Crippen LogP contribution in [0.25, 0.3) is 11.0 Å². The van der Waals surface area contributed by atoms with Crippen LogP contribution in [0.2, 0.25) is 5.02 Å². The maximum absolute atomic E-state index is 6.80. The zero-order chi connectivity index (χ0) is 24.0. The number of hydrogen-bond donors (Lipinski definition) is 1. The highest BCUT2D eigenvalue weighted by atomic mass is 35.5. The van der Waals surface area contributed by atoms with Gasteiger partial charge in [0.1, 0.15) is 0 Å². The van der Waals surface area contributed by atoms with Crippen molar-refractivity contribution in [1.29, 1.82) is 0 Å². The van der Waals surface area contributed by atoms with E-state index < -0.39 is 0 Å². The highest BCUT2D eigenvalue weighted by molar-refractivity contribution is 7.98. The van der Waals surface area contributed by atoms with Gasteiger partial charge in [-0.15, -0.1) is 37.2 Å². The standard InChI is InChI=1S/C27H31ClN6S.3ClH/c1-32(13-14-33-15-17-34(18-16-33)19-21-7-3-2-4-8-21)25-11-12-29-24(26(25)28)20-35-27-30-22-9-5-6-10-23(22)31-27;;;/h2-12H,13-20H2,1H3,(H,30,31);3*1H. The second-order valence-electron chi connectivity index (χ2n) is 8.96. The van der Waals surface area contributed by atoms with E-state index in [9.17, 15) is 0 Å². The third kappa shape index (κ3) is 8.39. The first-order valence-corrected chi connectivity index (χ1v) is 13.4. The van der Waals surface area contributed by atoms with E-state index >= 15 is 0 Å². The lowest BCUT2D eigenvalue weighted by molar-refractivity contribution is 0.129. The molecular formula is C27H34Cl4N6S. The Morgan fingerprint density at radius 2 is 1.61 bits per heavy atom. The Hall–Kier alpha value is -1.71. The summed E-state index contributed by atoms with van der Waals surface area (Å²) in [5.74, 6) is 0.670. The fourth-order valence-corrected chi connectivity index (χ4v) is 5.67. The fourth-order valence-electron chi connectivity index (χ4n) is 4.43. The molecule has 0 spiro atoms. The first-order chi connectivity index (χ1) is 17.2. The number of benzene rings is 2. The van der Waals surface area contributed by atoms with Crippen molar-refractivity contribution >= 4 is 77.3 Å². The van der Waals surface area contributed by atoms with Gasteiger partial charge >= 0.3 is 0 Å². The molecule has 3 heterocycles. The van der Waals surface area contributed by atoms with Gasteiger partial charge < -0.3 is 9.88 Å². The number of H-pyrrole nitrogens is 1. The summed E-state index contributed by atoms with van der Waals surface area (Å²) in [4.78, 5) is 19.9. The van der Waals surface area contributed by atoms with Crippen LogP contribution >= 0.6 is 60.6 Å². The van der Waals surface area contributed by atoms with Crippen LogP contribution in [0, 0.1) is 0 Å². The number of halogens is 4. The van der Waals surface area contributed by atoms with E-state index in [2.05, 4.69) is 67.0 Å². The summed E-state index contributed by atoms with van der Waals surface area (Å²) in [7, 11) is 2.11. The van der Waals surface area contributed by atoms with Gasteiger partial charge in [0.25, 0.3) is 0 Å². The summed E-state index contributed by atoms with van der Waals surface area (Å²) in [6, 6.07) is 20.8. The third-order valence-corrected chi connectivity index (χ3v) is 7.83. The van der Waals surface area contributed by atoms with Crippen LogP contribution in [-0.4, -0.2) is 71.1 Å². The SMILES string of the molecule is CN(CCN1CCN(Cc2ccccc2)CC1)c1ccnc(CSc2nc3ccccc3[nH]2)c1Cl.Cl.Cl.Cl. The summed E-state index contributed by atoms with van der Waals surface area (Å²) in [5.41, 5.74) is 5.33. The lowest BCUT2D eigenvalue weighted by atomic mass is 10.2. The van der Waals surface area contributed by atoms with Crippen molar-refractivity contribution in [3.63, 3.8) is 0 Å². The largest absolute Gasteiger partial charge is 0.372 e. The molecule has 5 rings (SSSR count). The number of para-hydroxylation sites is 2. The fraction of sp³-hybridized carbons (Fsp3) is 0.333. The van der Waals surface area contributed by atoms with Crippen molar-refractivity contribution < 1.29 is 0 Å². The number of anilines is 1. The van der Waals surface area contributed by atoms with Crippen molar-refractivity contribution in [2.24, 2.45) is 0 Å². The van der Waals surface area contributed by atoms with E-state index in [1.165, 1.54) is 5.56 Å². The number of thioether (sulfide) groups is 1. The zero-order valence-corrected chi connectivity index (χ0v) is 25.3. The highest BCUT2D eigenvalue weighted by Gasteiger charge is 2.18. The number of aromatic nitrogens is 3. The molecule has 38 heavy (non-hydrogen) atoms. The molecule has 0 amide bonds. The first kappa shape index (κ1) is 32.5. The van der Waals surface area contributed by atoms with Gasteiger partial charge in [0.15, 0.2) is 5.16 Å². The smallest absolute Gasteiger partial charge is 0.166 e. The number of fused-ring (bicyclic) bond motifs is 1. The summed E-state index contributed by atoms with van der Waals surface area (Å²) in [5, 5.41) is 1.61. The topological polar surface area (TPSA) is 51.3 Å². The monoisotopic (exact) mass is 614 g/mol. The predicted octanol–water partition coefficient (Wildman–Crippen LogP) is 6.42. The zero-order valence-electron chi connectivity index (χ0n) is 21.3. The van der Waals surface area contributed by atoms with Crippen molar-refractivity contribution in [2.45, 2.75) is 17.5 Å². The lowest BCUT2D eigenvalue weighted by Gasteiger charge is -2.35. The van der Waals surface area contributed by atoms with Crippen molar-refractivity contribution in [3.8, 4) is 0 Å². The molecule has 11 heteroatoms. The Morgan fingerprint density at radius 3 is 2.34 bits per heavy atom. The predicted molar refractivity (Wildman–Crippen MR) is 168 cm³/mol. The number of aromatic amines is 1. The van der Waals surface area contributed by atoms with Crippen LogP contribution in [0.3, 0.4) is 0 Å². The number of likely N-dealkylation sites (N-methyl/N-ethyl adjacent to an activating group) is 1. The number of rotatable bonds is 9. The number of nitrogens with one attached hydrogen (secondary N) is 1. The van der Waals surface area contributed by atoms with Crippen LogP contribution in [0.5, 0.6) is 0 Å². The molecular weight excluding hydrogens is 582 g/mol. The Bertz CT molecular complexity index is 1220. The van der Waals surface area contributed by atoms with Crippen molar-refractivity contribution in [2.75, 3.05) is 51.2 Å². The normalized spacial score (nSPS) is 13.8. The van der Waals surface area contributed by atoms with Crippen molar-refractivity contribution in [3.05, 3.63) is 83.1 Å². The molecule has 1 N–H and O–H groups in total. The average molecular weight is 616 g/mol. The molecule has 2 aromatic heterocycles. The Balaban J connectivity index is 0.00000169. The van der Waals surface area contributed by atoms with Gasteiger partial charge in [0, 0.05) is 64.8 Å². The molecule has 0 unspecified atom stereocenters. The maximum Gasteiger partial charge on any atom is 0.166 e. The minimum atomic E-state index is 0.